The first-order chi connectivity index (χ1) is 10.3. The van der Waals surface area contributed by atoms with E-state index in [-0.39, 0.29) is 23.9 Å². The van der Waals surface area contributed by atoms with E-state index in [0.717, 1.165) is 10.7 Å². The van der Waals surface area contributed by atoms with Gasteiger partial charge in [0.05, 0.1) is 4.90 Å². The van der Waals surface area contributed by atoms with Gasteiger partial charge in [-0.25, -0.2) is 9.55 Å². The highest BCUT2D eigenvalue weighted by Crippen LogP contribution is 2.17. The van der Waals surface area contributed by atoms with Crippen molar-refractivity contribution in [1.29, 1.82) is 0 Å². The van der Waals surface area contributed by atoms with Crippen LogP contribution in [-0.4, -0.2) is 29.5 Å². The summed E-state index contributed by atoms with van der Waals surface area (Å²) < 4.78 is 30.9. The summed E-state index contributed by atoms with van der Waals surface area (Å²) in [6.07, 6.45) is 1.12. The molecule has 2 aromatic rings. The topological polar surface area (TPSA) is 104 Å². The van der Waals surface area contributed by atoms with Crippen LogP contribution in [0.5, 0.6) is 0 Å². The standard InChI is InChI=1S/C12H12BrN3O5S/c1-9-14-8-12(16(17)18)15(9)6-7-21-22(19,20)11-4-2-10(13)3-5-11/h2-5,8H,6-7H2,1H3. The summed E-state index contributed by atoms with van der Waals surface area (Å²) in [5, 5.41) is 10.8. The van der Waals surface area contributed by atoms with Gasteiger partial charge in [-0.2, -0.15) is 8.42 Å². The van der Waals surface area contributed by atoms with Crippen LogP contribution >= 0.6 is 15.9 Å². The molecule has 0 N–H and O–H groups in total. The molecule has 10 heteroatoms. The normalized spacial score (nSPS) is 11.5. The van der Waals surface area contributed by atoms with Crippen LogP contribution in [0.25, 0.3) is 0 Å². The van der Waals surface area contributed by atoms with Gasteiger partial charge in [0.15, 0.2) is 5.82 Å². The Balaban J connectivity index is 2.06. The third-order valence-corrected chi connectivity index (χ3v) is 4.73. The molecule has 0 aliphatic rings. The molecule has 0 spiro atoms. The number of nitrogens with zero attached hydrogens (tertiary/aromatic N) is 3. The number of benzene rings is 1. The first-order valence-corrected chi connectivity index (χ1v) is 8.33. The van der Waals surface area contributed by atoms with Gasteiger partial charge in [0, 0.05) is 11.4 Å². The second-order valence-corrected chi connectivity index (χ2v) is 6.83. The van der Waals surface area contributed by atoms with E-state index in [0.29, 0.717) is 5.82 Å². The van der Waals surface area contributed by atoms with Gasteiger partial charge in [-0.1, -0.05) is 15.9 Å². The number of rotatable bonds is 6. The molecule has 0 saturated heterocycles. The second kappa shape index (κ2) is 6.55. The van der Waals surface area contributed by atoms with Crippen molar-refractivity contribution in [2.75, 3.05) is 6.61 Å². The average molecular weight is 390 g/mol. The highest BCUT2D eigenvalue weighted by Gasteiger charge is 2.19. The highest BCUT2D eigenvalue weighted by atomic mass is 79.9. The molecule has 0 aliphatic carbocycles. The maximum atomic E-state index is 12.0. The van der Waals surface area contributed by atoms with Crippen LogP contribution in [0.3, 0.4) is 0 Å². The van der Waals surface area contributed by atoms with E-state index in [4.69, 9.17) is 4.18 Å². The zero-order valence-electron chi connectivity index (χ0n) is 11.5. The van der Waals surface area contributed by atoms with Gasteiger partial charge in [-0.15, -0.1) is 0 Å². The second-order valence-electron chi connectivity index (χ2n) is 4.30. The number of hydrogen-bond acceptors (Lipinski definition) is 6. The van der Waals surface area contributed by atoms with Crippen molar-refractivity contribution in [1.82, 2.24) is 9.55 Å². The first kappa shape index (κ1) is 16.6. The molecular weight excluding hydrogens is 378 g/mol. The van der Waals surface area contributed by atoms with Gasteiger partial charge in [0.2, 0.25) is 0 Å². The largest absolute Gasteiger partial charge is 0.358 e. The molecule has 0 amide bonds. The quantitative estimate of drug-likeness (QED) is 0.426. The van der Waals surface area contributed by atoms with E-state index >= 15 is 0 Å². The van der Waals surface area contributed by atoms with E-state index in [2.05, 4.69) is 20.9 Å². The van der Waals surface area contributed by atoms with Crippen molar-refractivity contribution in [3.05, 3.63) is 50.9 Å². The monoisotopic (exact) mass is 389 g/mol. The molecule has 0 bridgehead atoms. The molecule has 0 fully saturated rings. The number of hydrogen-bond donors (Lipinski definition) is 0. The fourth-order valence-electron chi connectivity index (χ4n) is 1.79. The van der Waals surface area contributed by atoms with E-state index in [1.165, 1.54) is 16.7 Å². The third-order valence-electron chi connectivity index (χ3n) is 2.88. The molecule has 118 valence electrons. The lowest BCUT2D eigenvalue weighted by Gasteiger charge is -2.06. The Morgan fingerprint density at radius 1 is 1.36 bits per heavy atom. The van der Waals surface area contributed by atoms with Crippen LogP contribution in [0, 0.1) is 17.0 Å². The molecule has 0 radical (unpaired) electrons. The maximum absolute atomic E-state index is 12.0. The SMILES string of the molecule is Cc1ncc([N+](=O)[O-])n1CCOS(=O)(=O)c1ccc(Br)cc1. The van der Waals surface area contributed by atoms with E-state index in [9.17, 15) is 18.5 Å². The summed E-state index contributed by atoms with van der Waals surface area (Å²) in [5.74, 6) is 0.207. The minimum absolute atomic E-state index is 0.0118. The molecule has 1 aromatic carbocycles. The number of nitro groups is 1. The summed E-state index contributed by atoms with van der Waals surface area (Å²) in [4.78, 5) is 14.1. The van der Waals surface area contributed by atoms with Crippen molar-refractivity contribution < 1.29 is 17.5 Å². The molecule has 1 aromatic heterocycles. The number of aryl methyl sites for hydroxylation is 1. The van der Waals surface area contributed by atoms with E-state index in [1.807, 2.05) is 0 Å². The predicted octanol–water partition coefficient (Wildman–Crippen LogP) is 2.27. The lowest BCUT2D eigenvalue weighted by atomic mass is 10.4. The van der Waals surface area contributed by atoms with Crippen molar-refractivity contribution in [2.45, 2.75) is 18.4 Å². The molecular formula is C12H12BrN3O5S. The van der Waals surface area contributed by atoms with Crippen molar-refractivity contribution in [2.24, 2.45) is 0 Å². The zero-order valence-corrected chi connectivity index (χ0v) is 13.9. The maximum Gasteiger partial charge on any atom is 0.342 e. The minimum Gasteiger partial charge on any atom is -0.358 e. The van der Waals surface area contributed by atoms with Gasteiger partial charge < -0.3 is 10.1 Å². The van der Waals surface area contributed by atoms with Crippen molar-refractivity contribution in [3.8, 4) is 0 Å². The molecule has 0 unspecified atom stereocenters. The summed E-state index contributed by atoms with van der Waals surface area (Å²) >= 11 is 3.21. The Kier molecular flexibility index (Phi) is 4.94. The Morgan fingerprint density at radius 3 is 2.59 bits per heavy atom. The first-order valence-electron chi connectivity index (χ1n) is 6.13. The molecule has 1 heterocycles. The highest BCUT2D eigenvalue weighted by molar-refractivity contribution is 9.10. The number of aromatic nitrogens is 2. The minimum atomic E-state index is -3.90. The Bertz CT molecular complexity index is 786. The van der Waals surface area contributed by atoms with Crippen LogP contribution in [0.2, 0.25) is 0 Å². The Labute approximate surface area is 135 Å². The summed E-state index contributed by atoms with van der Waals surface area (Å²) in [7, 11) is -3.90. The van der Waals surface area contributed by atoms with Crippen molar-refractivity contribution in [3.63, 3.8) is 0 Å². The summed E-state index contributed by atoms with van der Waals surface area (Å²) in [6, 6.07) is 5.98. The Morgan fingerprint density at radius 2 is 2.00 bits per heavy atom. The predicted molar refractivity (Wildman–Crippen MR) is 80.9 cm³/mol. The molecule has 0 atom stereocenters. The van der Waals surface area contributed by atoms with E-state index < -0.39 is 15.0 Å². The summed E-state index contributed by atoms with van der Waals surface area (Å²) in [6.45, 7) is 1.38. The molecule has 8 nitrogen and oxygen atoms in total. The van der Waals surface area contributed by atoms with Gasteiger partial charge in [0.25, 0.3) is 10.1 Å². The lowest BCUT2D eigenvalue weighted by Crippen LogP contribution is -2.14. The van der Waals surface area contributed by atoms with Gasteiger partial charge in [-0.3, -0.25) is 4.18 Å². The van der Waals surface area contributed by atoms with Gasteiger partial charge in [0.1, 0.15) is 19.3 Å². The van der Waals surface area contributed by atoms with Crippen LogP contribution in [-0.2, 0) is 20.8 Å². The van der Waals surface area contributed by atoms with Crippen LogP contribution in [0.1, 0.15) is 5.82 Å². The Hall–Kier alpha value is -1.78. The molecule has 2 rings (SSSR count). The number of halogens is 1. The molecule has 22 heavy (non-hydrogen) atoms. The third kappa shape index (κ3) is 3.70. The fraction of sp³-hybridized carbons (Fsp3) is 0.250. The fourth-order valence-corrected chi connectivity index (χ4v) is 2.95. The average Bonchev–Trinajstić information content (AvgIpc) is 2.81. The lowest BCUT2D eigenvalue weighted by molar-refractivity contribution is -0.392. The summed E-state index contributed by atoms with van der Waals surface area (Å²) in [5.41, 5.74) is 0. The van der Waals surface area contributed by atoms with Gasteiger partial charge in [-0.05, 0) is 29.2 Å². The molecule has 0 saturated carbocycles. The smallest absolute Gasteiger partial charge is 0.342 e. The van der Waals surface area contributed by atoms with E-state index in [1.54, 1.807) is 19.1 Å². The van der Waals surface area contributed by atoms with Crippen molar-refractivity contribution >= 4 is 31.9 Å². The van der Waals surface area contributed by atoms with Crippen LogP contribution < -0.4 is 0 Å². The molecule has 0 aliphatic heterocycles. The zero-order chi connectivity index (χ0) is 16.3. The van der Waals surface area contributed by atoms with Gasteiger partial charge >= 0.3 is 5.82 Å². The van der Waals surface area contributed by atoms with Crippen LogP contribution in [0.15, 0.2) is 39.8 Å². The number of imidazole rings is 1. The van der Waals surface area contributed by atoms with Crippen LogP contribution in [0.4, 0.5) is 5.82 Å².